The van der Waals surface area contributed by atoms with Crippen molar-refractivity contribution in [3.63, 3.8) is 0 Å². The predicted molar refractivity (Wildman–Crippen MR) is 90.2 cm³/mol. The fourth-order valence-corrected chi connectivity index (χ4v) is 2.04. The van der Waals surface area contributed by atoms with Crippen LogP contribution in [0, 0.1) is 0 Å². The highest BCUT2D eigenvalue weighted by molar-refractivity contribution is 6.03. The first-order valence-corrected chi connectivity index (χ1v) is 7.27. The highest BCUT2D eigenvalue weighted by atomic mass is 16.1. The number of hydrogen-bond acceptors (Lipinski definition) is 4. The van der Waals surface area contributed by atoms with Crippen LogP contribution in [0.25, 0.3) is 0 Å². The van der Waals surface area contributed by atoms with Crippen LogP contribution >= 0.6 is 0 Å². The molecule has 3 rings (SSSR count). The Balaban J connectivity index is 1.59. The number of carbonyl (C=O) groups excluding carboxylic acids is 1. The van der Waals surface area contributed by atoms with E-state index in [0.717, 1.165) is 11.3 Å². The molecule has 0 radical (unpaired) electrons. The Bertz CT molecular complexity index is 758. The van der Waals surface area contributed by atoms with Gasteiger partial charge < -0.3 is 10.6 Å². The van der Waals surface area contributed by atoms with E-state index in [1.54, 1.807) is 0 Å². The summed E-state index contributed by atoms with van der Waals surface area (Å²) in [4.78, 5) is 20.4. The van der Waals surface area contributed by atoms with Crippen LogP contribution in [0.1, 0.15) is 15.9 Å². The highest BCUT2D eigenvalue weighted by Crippen LogP contribution is 2.09. The van der Waals surface area contributed by atoms with E-state index in [2.05, 4.69) is 20.6 Å². The Morgan fingerprint density at radius 2 is 1.48 bits per heavy atom. The Morgan fingerprint density at radius 1 is 0.870 bits per heavy atom. The summed E-state index contributed by atoms with van der Waals surface area (Å²) >= 11 is 0. The second-order valence-corrected chi connectivity index (χ2v) is 4.95. The maximum Gasteiger partial charge on any atom is 0.258 e. The second-order valence-electron chi connectivity index (χ2n) is 4.95. The summed E-state index contributed by atoms with van der Waals surface area (Å²) in [5, 5.41) is 5.92. The maximum absolute atomic E-state index is 12.1. The van der Waals surface area contributed by atoms with Crippen molar-refractivity contribution >= 4 is 17.5 Å². The van der Waals surface area contributed by atoms with E-state index < -0.39 is 0 Å². The summed E-state index contributed by atoms with van der Waals surface area (Å²) in [7, 11) is 0. The Kier molecular flexibility index (Phi) is 4.59. The summed E-state index contributed by atoms with van der Waals surface area (Å²) in [5.74, 6) is 0.260. The van der Waals surface area contributed by atoms with Crippen LogP contribution in [0.2, 0.25) is 0 Å². The van der Waals surface area contributed by atoms with Crippen LogP contribution < -0.4 is 10.6 Å². The average molecular weight is 304 g/mol. The largest absolute Gasteiger partial charge is 0.350 e. The molecule has 0 aliphatic heterocycles. The van der Waals surface area contributed by atoms with Crippen molar-refractivity contribution in [2.45, 2.75) is 6.54 Å². The van der Waals surface area contributed by atoms with Crippen LogP contribution in [0.15, 0.2) is 73.1 Å². The predicted octanol–water partition coefficient (Wildman–Crippen LogP) is 3.34. The molecule has 114 valence electrons. The first-order valence-electron chi connectivity index (χ1n) is 7.27. The van der Waals surface area contributed by atoms with Crippen molar-refractivity contribution in [2.24, 2.45) is 0 Å². The van der Waals surface area contributed by atoms with Crippen LogP contribution in [0.5, 0.6) is 0 Å². The Morgan fingerprint density at radius 3 is 2.13 bits per heavy atom. The number of amides is 1. The maximum atomic E-state index is 12.1. The molecule has 1 aromatic heterocycles. The summed E-state index contributed by atoms with van der Waals surface area (Å²) in [6.07, 6.45) is 3.02. The van der Waals surface area contributed by atoms with Gasteiger partial charge in [0.2, 0.25) is 5.95 Å². The molecule has 2 aromatic carbocycles. The molecule has 2 N–H and O–H groups in total. The normalized spacial score (nSPS) is 10.1. The Labute approximate surface area is 134 Å². The first kappa shape index (κ1) is 14.7. The molecule has 1 heterocycles. The molecule has 0 fully saturated rings. The number of hydrogen-bond donors (Lipinski definition) is 2. The minimum atomic E-state index is -0.231. The smallest absolute Gasteiger partial charge is 0.258 e. The molecular weight excluding hydrogens is 288 g/mol. The molecule has 5 heteroatoms. The highest BCUT2D eigenvalue weighted by Gasteiger charge is 2.07. The van der Waals surface area contributed by atoms with Gasteiger partial charge in [-0.25, -0.2) is 9.97 Å². The van der Waals surface area contributed by atoms with Gasteiger partial charge in [0.15, 0.2) is 0 Å². The molecule has 1 amide bonds. The SMILES string of the molecule is O=C(Nc1ccccc1)c1cnc(NCc2ccccc2)nc1. The van der Waals surface area contributed by atoms with E-state index >= 15 is 0 Å². The van der Waals surface area contributed by atoms with Crippen molar-refractivity contribution in [1.29, 1.82) is 0 Å². The topological polar surface area (TPSA) is 66.9 Å². The van der Waals surface area contributed by atoms with E-state index in [-0.39, 0.29) is 5.91 Å². The average Bonchev–Trinajstić information content (AvgIpc) is 2.62. The first-order chi connectivity index (χ1) is 11.3. The standard InChI is InChI=1S/C18H16N4O/c23-17(22-16-9-5-2-6-10-16)15-12-20-18(21-13-15)19-11-14-7-3-1-4-8-14/h1-10,12-13H,11H2,(H,22,23)(H,19,20,21). The molecule has 23 heavy (non-hydrogen) atoms. The van der Waals surface area contributed by atoms with E-state index in [0.29, 0.717) is 18.1 Å². The lowest BCUT2D eigenvalue weighted by atomic mass is 10.2. The third-order valence-corrected chi connectivity index (χ3v) is 3.24. The van der Waals surface area contributed by atoms with Crippen molar-refractivity contribution in [3.8, 4) is 0 Å². The molecule has 0 bridgehead atoms. The summed E-state index contributed by atoms with van der Waals surface area (Å²) < 4.78 is 0. The minimum Gasteiger partial charge on any atom is -0.350 e. The number of anilines is 2. The molecule has 0 atom stereocenters. The van der Waals surface area contributed by atoms with E-state index in [4.69, 9.17) is 0 Å². The van der Waals surface area contributed by atoms with Gasteiger partial charge in [0.05, 0.1) is 5.56 Å². The zero-order valence-corrected chi connectivity index (χ0v) is 12.4. The van der Waals surface area contributed by atoms with Crippen LogP contribution in [0.3, 0.4) is 0 Å². The zero-order chi connectivity index (χ0) is 15.9. The van der Waals surface area contributed by atoms with Crippen molar-refractivity contribution < 1.29 is 4.79 Å². The monoisotopic (exact) mass is 304 g/mol. The van der Waals surface area contributed by atoms with E-state index in [1.807, 2.05) is 60.7 Å². The molecule has 0 aliphatic rings. The number of benzene rings is 2. The number of rotatable bonds is 5. The molecule has 0 unspecified atom stereocenters. The fraction of sp³-hybridized carbons (Fsp3) is 0.0556. The van der Waals surface area contributed by atoms with Crippen LogP contribution in [-0.4, -0.2) is 15.9 Å². The third-order valence-electron chi connectivity index (χ3n) is 3.24. The fourth-order valence-electron chi connectivity index (χ4n) is 2.04. The Hall–Kier alpha value is -3.21. The molecule has 0 saturated carbocycles. The van der Waals surface area contributed by atoms with Gasteiger partial charge in [0, 0.05) is 24.6 Å². The lowest BCUT2D eigenvalue weighted by molar-refractivity contribution is 0.102. The van der Waals surface area contributed by atoms with Crippen LogP contribution in [0.4, 0.5) is 11.6 Å². The lowest BCUT2D eigenvalue weighted by Gasteiger charge is -2.06. The van der Waals surface area contributed by atoms with Crippen molar-refractivity contribution in [1.82, 2.24) is 9.97 Å². The second kappa shape index (κ2) is 7.17. The number of para-hydroxylation sites is 1. The van der Waals surface area contributed by atoms with Gasteiger partial charge in [0.25, 0.3) is 5.91 Å². The van der Waals surface area contributed by atoms with Gasteiger partial charge in [-0.1, -0.05) is 48.5 Å². The number of aromatic nitrogens is 2. The van der Waals surface area contributed by atoms with Gasteiger partial charge >= 0.3 is 0 Å². The summed E-state index contributed by atoms with van der Waals surface area (Å²) in [6.45, 7) is 0.635. The van der Waals surface area contributed by atoms with Gasteiger partial charge in [-0.3, -0.25) is 4.79 Å². The molecule has 5 nitrogen and oxygen atoms in total. The van der Waals surface area contributed by atoms with Crippen molar-refractivity contribution in [3.05, 3.63) is 84.2 Å². The molecular formula is C18H16N4O. The van der Waals surface area contributed by atoms with Crippen molar-refractivity contribution in [2.75, 3.05) is 10.6 Å². The van der Waals surface area contributed by atoms with Gasteiger partial charge in [-0.05, 0) is 17.7 Å². The molecule has 3 aromatic rings. The minimum absolute atomic E-state index is 0.231. The quantitative estimate of drug-likeness (QED) is 0.758. The molecule has 0 aliphatic carbocycles. The van der Waals surface area contributed by atoms with Gasteiger partial charge in [-0.15, -0.1) is 0 Å². The van der Waals surface area contributed by atoms with Crippen LogP contribution in [-0.2, 0) is 6.54 Å². The molecule has 0 spiro atoms. The number of nitrogens with zero attached hydrogens (tertiary/aromatic N) is 2. The van der Waals surface area contributed by atoms with Gasteiger partial charge in [-0.2, -0.15) is 0 Å². The lowest BCUT2D eigenvalue weighted by Crippen LogP contribution is -2.13. The summed E-state index contributed by atoms with van der Waals surface area (Å²) in [5.41, 5.74) is 2.30. The zero-order valence-electron chi connectivity index (χ0n) is 12.4. The van der Waals surface area contributed by atoms with Gasteiger partial charge in [0.1, 0.15) is 0 Å². The summed E-state index contributed by atoms with van der Waals surface area (Å²) in [6, 6.07) is 19.3. The molecule has 0 saturated heterocycles. The number of carbonyl (C=O) groups is 1. The van der Waals surface area contributed by atoms with E-state index in [9.17, 15) is 4.79 Å². The number of nitrogens with one attached hydrogen (secondary N) is 2. The third kappa shape index (κ3) is 4.14. The van der Waals surface area contributed by atoms with E-state index in [1.165, 1.54) is 12.4 Å².